The highest BCUT2D eigenvalue weighted by molar-refractivity contribution is 5.91. The second kappa shape index (κ2) is 8.98. The van der Waals surface area contributed by atoms with E-state index in [1.165, 1.54) is 18.4 Å². The van der Waals surface area contributed by atoms with Gasteiger partial charge in [0.1, 0.15) is 17.7 Å². The summed E-state index contributed by atoms with van der Waals surface area (Å²) in [6.45, 7) is 0.344. The molecule has 2 heterocycles. The van der Waals surface area contributed by atoms with Crippen LogP contribution in [-0.4, -0.2) is 27.9 Å². The SMILES string of the molecule is Cn1ccnc1C(NC(=O)CCCNC(=O)c1ccco1)c1ccc(F)cc1. The summed E-state index contributed by atoms with van der Waals surface area (Å²) < 4.78 is 20.1. The Labute approximate surface area is 161 Å². The van der Waals surface area contributed by atoms with Crippen molar-refractivity contribution in [1.29, 1.82) is 0 Å². The molecule has 8 heteroatoms. The standard InChI is InChI=1S/C20H21FN4O3/c1-25-12-11-22-19(25)18(14-6-8-15(21)9-7-14)24-17(26)5-2-10-23-20(27)16-4-3-13-28-16/h3-4,6-9,11-13,18H,2,5,10H2,1H3,(H,23,27)(H,24,26). The molecule has 0 spiro atoms. The molecule has 0 aliphatic rings. The highest BCUT2D eigenvalue weighted by Crippen LogP contribution is 2.21. The predicted molar refractivity (Wildman–Crippen MR) is 99.9 cm³/mol. The number of benzene rings is 1. The van der Waals surface area contributed by atoms with Gasteiger partial charge in [-0.3, -0.25) is 9.59 Å². The maximum absolute atomic E-state index is 13.3. The van der Waals surface area contributed by atoms with Crippen molar-refractivity contribution in [2.75, 3.05) is 6.54 Å². The van der Waals surface area contributed by atoms with Gasteiger partial charge < -0.3 is 19.6 Å². The third kappa shape index (κ3) is 4.85. The minimum Gasteiger partial charge on any atom is -0.459 e. The summed E-state index contributed by atoms with van der Waals surface area (Å²) in [6, 6.07) is 8.66. The van der Waals surface area contributed by atoms with Gasteiger partial charge >= 0.3 is 0 Å². The smallest absolute Gasteiger partial charge is 0.286 e. The Morgan fingerprint density at radius 2 is 2.04 bits per heavy atom. The van der Waals surface area contributed by atoms with Crippen LogP contribution in [0.1, 0.15) is 40.8 Å². The molecule has 2 N–H and O–H groups in total. The Kier molecular flexibility index (Phi) is 6.21. The molecule has 7 nitrogen and oxygen atoms in total. The summed E-state index contributed by atoms with van der Waals surface area (Å²) >= 11 is 0. The van der Waals surface area contributed by atoms with Crippen molar-refractivity contribution in [2.24, 2.45) is 7.05 Å². The van der Waals surface area contributed by atoms with E-state index in [0.29, 0.717) is 18.8 Å². The number of aromatic nitrogens is 2. The normalized spacial score (nSPS) is 11.8. The maximum Gasteiger partial charge on any atom is 0.286 e. The Bertz CT molecular complexity index is 919. The van der Waals surface area contributed by atoms with E-state index >= 15 is 0 Å². The van der Waals surface area contributed by atoms with Crippen molar-refractivity contribution in [3.05, 3.63) is 78.0 Å². The zero-order valence-electron chi connectivity index (χ0n) is 15.4. The molecule has 2 aromatic heterocycles. The van der Waals surface area contributed by atoms with Crippen LogP contribution < -0.4 is 10.6 Å². The van der Waals surface area contributed by atoms with E-state index in [1.807, 2.05) is 7.05 Å². The van der Waals surface area contributed by atoms with Crippen LogP contribution in [0.4, 0.5) is 4.39 Å². The molecule has 3 rings (SSSR count). The van der Waals surface area contributed by atoms with Crippen LogP contribution in [0.15, 0.2) is 59.5 Å². The topological polar surface area (TPSA) is 89.2 Å². The van der Waals surface area contributed by atoms with E-state index < -0.39 is 6.04 Å². The van der Waals surface area contributed by atoms with Gasteiger partial charge in [0.15, 0.2) is 5.76 Å². The third-order valence-corrected chi connectivity index (χ3v) is 4.24. The molecule has 1 aromatic carbocycles. The number of furan rings is 1. The molecular formula is C20H21FN4O3. The molecule has 0 aliphatic carbocycles. The third-order valence-electron chi connectivity index (χ3n) is 4.24. The molecule has 146 valence electrons. The lowest BCUT2D eigenvalue weighted by Crippen LogP contribution is -2.32. The number of amides is 2. The maximum atomic E-state index is 13.3. The summed E-state index contributed by atoms with van der Waals surface area (Å²) in [5.74, 6) is 0.0230. The highest BCUT2D eigenvalue weighted by atomic mass is 19.1. The Hall–Kier alpha value is -3.42. The van der Waals surface area contributed by atoms with Gasteiger partial charge in [0.25, 0.3) is 5.91 Å². The van der Waals surface area contributed by atoms with Gasteiger partial charge in [0.05, 0.1) is 6.26 Å². The minimum atomic E-state index is -0.495. The van der Waals surface area contributed by atoms with Gasteiger partial charge in [0.2, 0.25) is 5.91 Å². The van der Waals surface area contributed by atoms with Gasteiger partial charge in [-0.05, 0) is 36.2 Å². The van der Waals surface area contributed by atoms with Gasteiger partial charge in [-0.1, -0.05) is 12.1 Å². The van der Waals surface area contributed by atoms with E-state index in [4.69, 9.17) is 4.42 Å². The van der Waals surface area contributed by atoms with Crippen molar-refractivity contribution in [1.82, 2.24) is 20.2 Å². The molecule has 0 aliphatic heterocycles. The zero-order chi connectivity index (χ0) is 19.9. The number of halogens is 1. The van der Waals surface area contributed by atoms with Gasteiger partial charge in [0, 0.05) is 32.4 Å². The first kappa shape index (κ1) is 19.3. The van der Waals surface area contributed by atoms with Crippen LogP contribution in [0, 0.1) is 5.82 Å². The van der Waals surface area contributed by atoms with E-state index in [1.54, 1.807) is 41.2 Å². The molecule has 1 atom stereocenters. The predicted octanol–water partition coefficient (Wildman–Crippen LogP) is 2.57. The Balaban J connectivity index is 1.56. The number of nitrogens with zero attached hydrogens (tertiary/aromatic N) is 2. The number of carbonyl (C=O) groups is 2. The average molecular weight is 384 g/mol. The summed E-state index contributed by atoms with van der Waals surface area (Å²) in [5.41, 5.74) is 0.732. The first-order valence-electron chi connectivity index (χ1n) is 8.88. The lowest BCUT2D eigenvalue weighted by atomic mass is 10.1. The summed E-state index contributed by atoms with van der Waals surface area (Å²) in [5, 5.41) is 5.63. The van der Waals surface area contributed by atoms with Crippen LogP contribution in [0.5, 0.6) is 0 Å². The number of rotatable bonds is 8. The van der Waals surface area contributed by atoms with Crippen LogP contribution in [0.3, 0.4) is 0 Å². The molecular weight excluding hydrogens is 363 g/mol. The lowest BCUT2D eigenvalue weighted by molar-refractivity contribution is -0.121. The van der Waals surface area contributed by atoms with E-state index in [0.717, 1.165) is 5.56 Å². The van der Waals surface area contributed by atoms with E-state index in [-0.39, 0.29) is 29.8 Å². The second-order valence-corrected chi connectivity index (χ2v) is 6.29. The fourth-order valence-corrected chi connectivity index (χ4v) is 2.79. The molecule has 0 radical (unpaired) electrons. The van der Waals surface area contributed by atoms with E-state index in [2.05, 4.69) is 15.6 Å². The van der Waals surface area contributed by atoms with Crippen molar-refractivity contribution in [3.8, 4) is 0 Å². The number of nitrogens with one attached hydrogen (secondary N) is 2. The van der Waals surface area contributed by atoms with Crippen molar-refractivity contribution < 1.29 is 18.4 Å². The first-order chi connectivity index (χ1) is 13.5. The number of carbonyl (C=O) groups excluding carboxylic acids is 2. The first-order valence-corrected chi connectivity index (χ1v) is 8.88. The zero-order valence-corrected chi connectivity index (χ0v) is 15.4. The molecule has 0 fully saturated rings. The molecule has 28 heavy (non-hydrogen) atoms. The number of imidazole rings is 1. The van der Waals surface area contributed by atoms with Gasteiger partial charge in [-0.2, -0.15) is 0 Å². The Morgan fingerprint density at radius 1 is 1.25 bits per heavy atom. The number of hydrogen-bond donors (Lipinski definition) is 2. The van der Waals surface area contributed by atoms with Gasteiger partial charge in [-0.25, -0.2) is 9.37 Å². The van der Waals surface area contributed by atoms with Gasteiger partial charge in [-0.15, -0.1) is 0 Å². The van der Waals surface area contributed by atoms with Crippen LogP contribution in [0.25, 0.3) is 0 Å². The van der Waals surface area contributed by atoms with Crippen LogP contribution in [-0.2, 0) is 11.8 Å². The highest BCUT2D eigenvalue weighted by Gasteiger charge is 2.20. The van der Waals surface area contributed by atoms with Crippen molar-refractivity contribution in [3.63, 3.8) is 0 Å². The molecule has 3 aromatic rings. The fourth-order valence-electron chi connectivity index (χ4n) is 2.79. The summed E-state index contributed by atoms with van der Waals surface area (Å²) in [7, 11) is 1.83. The monoisotopic (exact) mass is 384 g/mol. The molecule has 0 saturated carbocycles. The molecule has 0 bridgehead atoms. The quantitative estimate of drug-likeness (QED) is 0.584. The van der Waals surface area contributed by atoms with Crippen molar-refractivity contribution >= 4 is 11.8 Å². The number of hydrogen-bond acceptors (Lipinski definition) is 4. The largest absolute Gasteiger partial charge is 0.459 e. The fraction of sp³-hybridized carbons (Fsp3) is 0.250. The average Bonchev–Trinajstić information content (AvgIpc) is 3.36. The second-order valence-electron chi connectivity index (χ2n) is 6.29. The molecule has 1 unspecified atom stereocenters. The van der Waals surface area contributed by atoms with Crippen molar-refractivity contribution in [2.45, 2.75) is 18.9 Å². The number of aryl methyl sites for hydroxylation is 1. The Morgan fingerprint density at radius 3 is 2.68 bits per heavy atom. The lowest BCUT2D eigenvalue weighted by Gasteiger charge is -2.19. The van der Waals surface area contributed by atoms with Crippen LogP contribution >= 0.6 is 0 Å². The minimum absolute atomic E-state index is 0.190. The summed E-state index contributed by atoms with van der Waals surface area (Å²) in [6.07, 6.45) is 5.54. The van der Waals surface area contributed by atoms with E-state index in [9.17, 15) is 14.0 Å². The molecule has 2 amide bonds. The molecule has 0 saturated heterocycles. The van der Waals surface area contributed by atoms with Crippen LogP contribution in [0.2, 0.25) is 0 Å². The summed E-state index contributed by atoms with van der Waals surface area (Å²) in [4.78, 5) is 28.5.